The standard InChI is InChI=1S/C16H13N7O/c1-10-4-6-23-15(19-10)12(9-18-23)16(24)20-14-7-13(21-22-14)11-3-2-5-17-8-11/h2-9H,1H3,(H2,20,21,22,24). The van der Waals surface area contributed by atoms with Crippen LogP contribution in [-0.2, 0) is 0 Å². The first-order chi connectivity index (χ1) is 11.7. The van der Waals surface area contributed by atoms with Crippen molar-refractivity contribution in [2.75, 3.05) is 5.32 Å². The summed E-state index contributed by atoms with van der Waals surface area (Å²) in [6.07, 6.45) is 6.68. The number of hydrogen-bond acceptors (Lipinski definition) is 5. The maximum Gasteiger partial charge on any atom is 0.262 e. The highest BCUT2D eigenvalue weighted by molar-refractivity contribution is 6.07. The lowest BCUT2D eigenvalue weighted by Gasteiger charge is -2.00. The molecule has 4 aromatic heterocycles. The lowest BCUT2D eigenvalue weighted by atomic mass is 10.2. The minimum absolute atomic E-state index is 0.313. The number of nitrogens with zero attached hydrogens (tertiary/aromatic N) is 5. The van der Waals surface area contributed by atoms with Crippen molar-refractivity contribution in [2.24, 2.45) is 0 Å². The van der Waals surface area contributed by atoms with Crippen LogP contribution in [0.1, 0.15) is 16.1 Å². The van der Waals surface area contributed by atoms with E-state index in [1.165, 1.54) is 6.20 Å². The van der Waals surface area contributed by atoms with E-state index in [2.05, 4.69) is 30.6 Å². The number of rotatable bonds is 3. The summed E-state index contributed by atoms with van der Waals surface area (Å²) in [6, 6.07) is 7.32. The van der Waals surface area contributed by atoms with Crippen molar-refractivity contribution in [3.63, 3.8) is 0 Å². The van der Waals surface area contributed by atoms with Crippen LogP contribution in [-0.4, -0.2) is 35.7 Å². The zero-order valence-corrected chi connectivity index (χ0v) is 12.8. The van der Waals surface area contributed by atoms with Crippen LogP contribution in [0.3, 0.4) is 0 Å². The Hall–Kier alpha value is -3.55. The molecule has 1 amide bonds. The Bertz CT molecular complexity index is 1020. The van der Waals surface area contributed by atoms with E-state index in [4.69, 9.17) is 0 Å². The van der Waals surface area contributed by atoms with Crippen LogP contribution in [0.5, 0.6) is 0 Å². The molecule has 4 rings (SSSR count). The second kappa shape index (κ2) is 5.58. The number of amides is 1. The number of nitrogens with one attached hydrogen (secondary N) is 2. The molecule has 24 heavy (non-hydrogen) atoms. The van der Waals surface area contributed by atoms with Gasteiger partial charge in [-0.2, -0.15) is 10.2 Å². The van der Waals surface area contributed by atoms with Gasteiger partial charge in [0.2, 0.25) is 0 Å². The molecule has 0 aliphatic heterocycles. The SMILES string of the molecule is Cc1ccn2ncc(C(=O)Nc3cc(-c4cccnc4)[nH]n3)c2n1. The first-order valence-corrected chi connectivity index (χ1v) is 7.29. The second-order valence-corrected chi connectivity index (χ2v) is 5.26. The van der Waals surface area contributed by atoms with Gasteiger partial charge in [0.15, 0.2) is 11.5 Å². The van der Waals surface area contributed by atoms with Crippen molar-refractivity contribution < 1.29 is 4.79 Å². The summed E-state index contributed by atoms with van der Waals surface area (Å²) >= 11 is 0. The normalized spacial score (nSPS) is 10.9. The van der Waals surface area contributed by atoms with E-state index in [1.807, 2.05) is 25.1 Å². The molecule has 0 atom stereocenters. The lowest BCUT2D eigenvalue weighted by Crippen LogP contribution is -2.12. The molecule has 0 aliphatic rings. The Morgan fingerprint density at radius 3 is 3.04 bits per heavy atom. The molecule has 0 saturated heterocycles. The first-order valence-electron chi connectivity index (χ1n) is 7.29. The fraction of sp³-hybridized carbons (Fsp3) is 0.0625. The summed E-state index contributed by atoms with van der Waals surface area (Å²) in [5, 5.41) is 13.9. The number of H-pyrrole nitrogens is 1. The highest BCUT2D eigenvalue weighted by atomic mass is 16.1. The summed E-state index contributed by atoms with van der Waals surface area (Å²) in [6.45, 7) is 1.86. The number of aryl methyl sites for hydroxylation is 1. The Kier molecular flexibility index (Phi) is 3.27. The van der Waals surface area contributed by atoms with Crippen LogP contribution in [0, 0.1) is 6.92 Å². The average Bonchev–Trinajstić information content (AvgIpc) is 3.22. The second-order valence-electron chi connectivity index (χ2n) is 5.26. The van der Waals surface area contributed by atoms with Gasteiger partial charge < -0.3 is 5.32 Å². The summed E-state index contributed by atoms with van der Waals surface area (Å²) < 4.78 is 1.56. The van der Waals surface area contributed by atoms with E-state index >= 15 is 0 Å². The van der Waals surface area contributed by atoms with Crippen molar-refractivity contribution in [1.29, 1.82) is 0 Å². The minimum atomic E-state index is -0.313. The smallest absolute Gasteiger partial charge is 0.262 e. The van der Waals surface area contributed by atoms with Gasteiger partial charge in [0.1, 0.15) is 5.56 Å². The Morgan fingerprint density at radius 1 is 1.29 bits per heavy atom. The predicted molar refractivity (Wildman–Crippen MR) is 87.5 cm³/mol. The molecule has 0 aliphatic carbocycles. The molecule has 0 fully saturated rings. The van der Waals surface area contributed by atoms with Gasteiger partial charge in [-0.15, -0.1) is 0 Å². The molecular weight excluding hydrogens is 306 g/mol. The van der Waals surface area contributed by atoms with E-state index in [1.54, 1.807) is 29.2 Å². The molecule has 4 heterocycles. The van der Waals surface area contributed by atoms with Crippen LogP contribution in [0.4, 0.5) is 5.82 Å². The van der Waals surface area contributed by atoms with E-state index in [9.17, 15) is 4.79 Å². The van der Waals surface area contributed by atoms with Crippen LogP contribution >= 0.6 is 0 Å². The molecule has 0 bridgehead atoms. The van der Waals surface area contributed by atoms with Gasteiger partial charge >= 0.3 is 0 Å². The van der Waals surface area contributed by atoms with Gasteiger partial charge in [-0.1, -0.05) is 0 Å². The van der Waals surface area contributed by atoms with Gasteiger partial charge in [0.05, 0.1) is 11.9 Å². The zero-order chi connectivity index (χ0) is 16.5. The van der Waals surface area contributed by atoms with Crippen molar-refractivity contribution in [2.45, 2.75) is 6.92 Å². The number of fused-ring (bicyclic) bond motifs is 1. The highest BCUT2D eigenvalue weighted by Crippen LogP contribution is 2.19. The van der Waals surface area contributed by atoms with Crippen LogP contribution in [0.15, 0.2) is 49.1 Å². The van der Waals surface area contributed by atoms with Gasteiger partial charge in [0, 0.05) is 35.9 Å². The number of aromatic amines is 1. The lowest BCUT2D eigenvalue weighted by molar-refractivity contribution is 0.102. The summed E-state index contributed by atoms with van der Waals surface area (Å²) in [5.41, 5.74) is 3.38. The molecule has 8 nitrogen and oxygen atoms in total. The fourth-order valence-electron chi connectivity index (χ4n) is 2.36. The molecular formula is C16H13N7O. The Labute approximate surface area is 136 Å². The Morgan fingerprint density at radius 2 is 2.21 bits per heavy atom. The molecule has 0 unspecified atom stereocenters. The van der Waals surface area contributed by atoms with Crippen molar-refractivity contribution >= 4 is 17.4 Å². The average molecular weight is 319 g/mol. The third-order valence-electron chi connectivity index (χ3n) is 3.54. The van der Waals surface area contributed by atoms with Gasteiger partial charge in [0.25, 0.3) is 5.91 Å². The van der Waals surface area contributed by atoms with Crippen molar-refractivity contribution in [3.8, 4) is 11.3 Å². The largest absolute Gasteiger partial charge is 0.305 e. The molecule has 2 N–H and O–H groups in total. The van der Waals surface area contributed by atoms with Crippen molar-refractivity contribution in [1.82, 2.24) is 29.8 Å². The van der Waals surface area contributed by atoms with Crippen LogP contribution < -0.4 is 5.32 Å². The molecule has 0 radical (unpaired) electrons. The van der Waals surface area contributed by atoms with Crippen LogP contribution in [0.25, 0.3) is 16.9 Å². The van der Waals surface area contributed by atoms with Gasteiger partial charge in [-0.3, -0.25) is 14.9 Å². The number of anilines is 1. The Balaban J connectivity index is 1.60. The molecule has 118 valence electrons. The number of carbonyl (C=O) groups is 1. The molecule has 4 aromatic rings. The van der Waals surface area contributed by atoms with Gasteiger partial charge in [-0.25, -0.2) is 9.50 Å². The molecule has 0 aromatic carbocycles. The summed E-state index contributed by atoms with van der Waals surface area (Å²) in [5.74, 6) is 0.109. The van der Waals surface area contributed by atoms with Crippen LogP contribution in [0.2, 0.25) is 0 Å². The van der Waals surface area contributed by atoms with E-state index < -0.39 is 0 Å². The maximum absolute atomic E-state index is 12.5. The zero-order valence-electron chi connectivity index (χ0n) is 12.8. The first kappa shape index (κ1) is 14.1. The molecule has 0 spiro atoms. The fourth-order valence-corrected chi connectivity index (χ4v) is 2.36. The quantitative estimate of drug-likeness (QED) is 0.602. The third kappa shape index (κ3) is 2.50. The van der Waals surface area contributed by atoms with E-state index in [-0.39, 0.29) is 5.91 Å². The van der Waals surface area contributed by atoms with Crippen molar-refractivity contribution in [3.05, 3.63) is 60.3 Å². The molecule has 8 heteroatoms. The monoisotopic (exact) mass is 319 g/mol. The highest BCUT2D eigenvalue weighted by Gasteiger charge is 2.15. The van der Waals surface area contributed by atoms with E-state index in [0.29, 0.717) is 17.0 Å². The molecule has 0 saturated carbocycles. The predicted octanol–water partition coefficient (Wildman–Crippen LogP) is 2.08. The number of carbonyl (C=O) groups excluding carboxylic acids is 1. The minimum Gasteiger partial charge on any atom is -0.305 e. The summed E-state index contributed by atoms with van der Waals surface area (Å²) in [4.78, 5) is 20.9. The maximum atomic E-state index is 12.5. The number of aromatic nitrogens is 6. The third-order valence-corrected chi connectivity index (χ3v) is 3.54. The number of pyridine rings is 1. The van der Waals surface area contributed by atoms with Gasteiger partial charge in [-0.05, 0) is 25.1 Å². The topological polar surface area (TPSA) is 101 Å². The number of hydrogen-bond donors (Lipinski definition) is 2. The summed E-state index contributed by atoms with van der Waals surface area (Å²) in [7, 11) is 0. The van der Waals surface area contributed by atoms with E-state index in [0.717, 1.165) is 17.0 Å².